The molecule has 0 amide bonds. The fourth-order valence-electron chi connectivity index (χ4n) is 2.00. The van der Waals surface area contributed by atoms with Crippen LogP contribution in [0, 0.1) is 5.41 Å². The molecule has 14 heavy (non-hydrogen) atoms. The maximum Gasteiger partial charge on any atom is 0.0918 e. The lowest BCUT2D eigenvalue weighted by Gasteiger charge is -2.28. The number of nitrogens with zero attached hydrogens (tertiary/aromatic N) is 1. The molecular formula is C10H21N3O. The van der Waals surface area contributed by atoms with E-state index in [2.05, 4.69) is 4.90 Å². The normalized spacial score (nSPS) is 24.5. The molecule has 1 atom stereocenters. The lowest BCUT2D eigenvalue weighted by molar-refractivity contribution is 0.127. The van der Waals surface area contributed by atoms with Crippen molar-refractivity contribution < 1.29 is 5.11 Å². The Morgan fingerprint density at radius 2 is 2.21 bits per heavy atom. The third-order valence-electron chi connectivity index (χ3n) is 2.88. The quantitative estimate of drug-likeness (QED) is 0.457. The van der Waals surface area contributed by atoms with Gasteiger partial charge in [-0.1, -0.05) is 12.8 Å². The molecule has 0 spiro atoms. The molecule has 1 rings (SSSR count). The molecule has 0 saturated carbocycles. The molecule has 4 N–H and O–H groups in total. The highest BCUT2D eigenvalue weighted by Gasteiger charge is 2.19. The highest BCUT2D eigenvalue weighted by Crippen LogP contribution is 2.16. The Balaban J connectivity index is 2.39. The molecular weight excluding hydrogens is 178 g/mol. The number of rotatable bonds is 4. The monoisotopic (exact) mass is 199 g/mol. The summed E-state index contributed by atoms with van der Waals surface area (Å²) in [6, 6.07) is 0.289. The van der Waals surface area contributed by atoms with Crippen molar-refractivity contribution in [3.63, 3.8) is 0 Å². The van der Waals surface area contributed by atoms with E-state index in [1.807, 2.05) is 0 Å². The third-order valence-corrected chi connectivity index (χ3v) is 2.88. The Bertz CT molecular complexity index is 184. The van der Waals surface area contributed by atoms with Crippen molar-refractivity contribution in [2.45, 2.75) is 38.1 Å². The maximum atomic E-state index is 9.23. The van der Waals surface area contributed by atoms with E-state index in [9.17, 15) is 5.11 Å². The number of nitrogens with one attached hydrogen (secondary N) is 1. The lowest BCUT2D eigenvalue weighted by Crippen LogP contribution is -2.39. The first-order valence-electron chi connectivity index (χ1n) is 5.42. The molecule has 0 aromatic carbocycles. The first kappa shape index (κ1) is 11.5. The predicted molar refractivity (Wildman–Crippen MR) is 57.4 cm³/mol. The minimum Gasteiger partial charge on any atom is -0.395 e. The van der Waals surface area contributed by atoms with Gasteiger partial charge in [0.2, 0.25) is 0 Å². The Morgan fingerprint density at radius 3 is 2.86 bits per heavy atom. The molecule has 1 aliphatic rings. The van der Waals surface area contributed by atoms with Gasteiger partial charge in [-0.15, -0.1) is 0 Å². The molecule has 0 radical (unpaired) electrons. The van der Waals surface area contributed by atoms with E-state index >= 15 is 0 Å². The summed E-state index contributed by atoms with van der Waals surface area (Å²) in [6.45, 7) is 2.09. The van der Waals surface area contributed by atoms with Crippen molar-refractivity contribution in [2.75, 3.05) is 19.7 Å². The molecule has 4 nitrogen and oxygen atoms in total. The molecule has 0 bridgehead atoms. The number of amidine groups is 1. The van der Waals surface area contributed by atoms with Gasteiger partial charge in [-0.3, -0.25) is 10.3 Å². The van der Waals surface area contributed by atoms with Crippen LogP contribution in [-0.4, -0.2) is 41.6 Å². The van der Waals surface area contributed by atoms with Crippen LogP contribution < -0.4 is 5.73 Å². The lowest BCUT2D eigenvalue weighted by atomic mass is 10.1. The van der Waals surface area contributed by atoms with Gasteiger partial charge in [0.25, 0.3) is 0 Å². The Hall–Kier alpha value is -0.610. The van der Waals surface area contributed by atoms with Crippen LogP contribution in [0.4, 0.5) is 0 Å². The number of hydrogen-bond donors (Lipinski definition) is 3. The first-order valence-corrected chi connectivity index (χ1v) is 5.42. The molecule has 0 aromatic heterocycles. The number of aliphatic hydroxyl groups excluding tert-OH is 1. The smallest absolute Gasteiger partial charge is 0.0918 e. The SMILES string of the molecule is N=C(N)CCN1CCCCCC1CO. The van der Waals surface area contributed by atoms with Crippen LogP contribution in [0.15, 0.2) is 0 Å². The summed E-state index contributed by atoms with van der Waals surface area (Å²) in [5.74, 6) is 0.242. The second-order valence-electron chi connectivity index (χ2n) is 4.00. The summed E-state index contributed by atoms with van der Waals surface area (Å²) in [6.07, 6.45) is 5.37. The van der Waals surface area contributed by atoms with Crippen LogP contribution in [0.25, 0.3) is 0 Å². The maximum absolute atomic E-state index is 9.23. The van der Waals surface area contributed by atoms with Gasteiger partial charge in [0.15, 0.2) is 0 Å². The predicted octanol–water partition coefficient (Wildman–Crippen LogP) is 0.549. The summed E-state index contributed by atoms with van der Waals surface area (Å²) in [7, 11) is 0. The van der Waals surface area contributed by atoms with E-state index in [0.29, 0.717) is 6.42 Å². The van der Waals surface area contributed by atoms with E-state index in [1.54, 1.807) is 0 Å². The van der Waals surface area contributed by atoms with Crippen LogP contribution in [0.3, 0.4) is 0 Å². The summed E-state index contributed by atoms with van der Waals surface area (Å²) in [4.78, 5) is 2.27. The van der Waals surface area contributed by atoms with Gasteiger partial charge in [0.05, 0.1) is 12.4 Å². The third kappa shape index (κ3) is 3.64. The van der Waals surface area contributed by atoms with Gasteiger partial charge >= 0.3 is 0 Å². The molecule has 1 fully saturated rings. The van der Waals surface area contributed by atoms with Gasteiger partial charge in [-0.05, 0) is 19.4 Å². The average molecular weight is 199 g/mol. The molecule has 82 valence electrons. The summed E-state index contributed by atoms with van der Waals surface area (Å²) >= 11 is 0. The van der Waals surface area contributed by atoms with E-state index < -0.39 is 0 Å². The zero-order chi connectivity index (χ0) is 10.4. The molecule has 1 saturated heterocycles. The van der Waals surface area contributed by atoms with Gasteiger partial charge in [0, 0.05) is 19.0 Å². The zero-order valence-electron chi connectivity index (χ0n) is 8.71. The second-order valence-corrected chi connectivity index (χ2v) is 4.00. The summed E-state index contributed by atoms with van der Waals surface area (Å²) in [5.41, 5.74) is 5.33. The van der Waals surface area contributed by atoms with Crippen molar-refractivity contribution in [3.8, 4) is 0 Å². The van der Waals surface area contributed by atoms with Crippen molar-refractivity contribution in [1.29, 1.82) is 5.41 Å². The molecule has 1 unspecified atom stereocenters. The van der Waals surface area contributed by atoms with Crippen molar-refractivity contribution in [3.05, 3.63) is 0 Å². The minimum atomic E-state index is 0.234. The summed E-state index contributed by atoms with van der Waals surface area (Å²) < 4.78 is 0. The number of aliphatic hydroxyl groups is 1. The van der Waals surface area contributed by atoms with E-state index in [-0.39, 0.29) is 18.5 Å². The molecule has 1 heterocycles. The molecule has 1 aliphatic heterocycles. The fraction of sp³-hybridized carbons (Fsp3) is 0.900. The number of likely N-dealkylation sites (tertiary alicyclic amines) is 1. The standard InChI is InChI=1S/C10H21N3O/c11-10(12)5-7-13-6-3-1-2-4-9(13)8-14/h9,14H,1-8H2,(H3,11,12). The Morgan fingerprint density at radius 1 is 1.43 bits per heavy atom. The summed E-state index contributed by atoms with van der Waals surface area (Å²) in [5, 5.41) is 16.4. The highest BCUT2D eigenvalue weighted by atomic mass is 16.3. The topological polar surface area (TPSA) is 73.3 Å². The van der Waals surface area contributed by atoms with Gasteiger partial charge in [-0.25, -0.2) is 0 Å². The zero-order valence-corrected chi connectivity index (χ0v) is 8.71. The van der Waals surface area contributed by atoms with Gasteiger partial charge < -0.3 is 10.8 Å². The van der Waals surface area contributed by atoms with Crippen molar-refractivity contribution in [2.24, 2.45) is 5.73 Å². The Kier molecular flexibility index (Phi) is 4.90. The average Bonchev–Trinajstić information content (AvgIpc) is 2.38. The van der Waals surface area contributed by atoms with Crippen molar-refractivity contribution >= 4 is 5.84 Å². The van der Waals surface area contributed by atoms with Crippen LogP contribution in [-0.2, 0) is 0 Å². The minimum absolute atomic E-state index is 0.234. The second kappa shape index (κ2) is 5.98. The van der Waals surface area contributed by atoms with Crippen molar-refractivity contribution in [1.82, 2.24) is 4.90 Å². The number of nitrogens with two attached hydrogens (primary N) is 1. The van der Waals surface area contributed by atoms with E-state index in [1.165, 1.54) is 19.3 Å². The Labute approximate surface area is 85.6 Å². The highest BCUT2D eigenvalue weighted by molar-refractivity contribution is 5.76. The molecule has 0 aliphatic carbocycles. The van der Waals surface area contributed by atoms with Crippen LogP contribution >= 0.6 is 0 Å². The molecule has 0 aromatic rings. The largest absolute Gasteiger partial charge is 0.395 e. The fourth-order valence-corrected chi connectivity index (χ4v) is 2.00. The van der Waals surface area contributed by atoms with Crippen LogP contribution in [0.5, 0.6) is 0 Å². The van der Waals surface area contributed by atoms with E-state index in [0.717, 1.165) is 19.5 Å². The van der Waals surface area contributed by atoms with E-state index in [4.69, 9.17) is 11.1 Å². The van der Waals surface area contributed by atoms with Gasteiger partial charge in [-0.2, -0.15) is 0 Å². The van der Waals surface area contributed by atoms with Gasteiger partial charge in [0.1, 0.15) is 0 Å². The van der Waals surface area contributed by atoms with Crippen LogP contribution in [0.2, 0.25) is 0 Å². The first-order chi connectivity index (χ1) is 6.74. The molecule has 4 heteroatoms. The van der Waals surface area contributed by atoms with Crippen LogP contribution in [0.1, 0.15) is 32.1 Å². The number of hydrogen-bond acceptors (Lipinski definition) is 3.